The van der Waals surface area contributed by atoms with Crippen LogP contribution < -0.4 is 5.32 Å². The van der Waals surface area contributed by atoms with E-state index in [1.54, 1.807) is 0 Å². The normalized spacial score (nSPS) is 10.8. The van der Waals surface area contributed by atoms with Gasteiger partial charge in [0.05, 0.1) is 5.69 Å². The first-order valence-corrected chi connectivity index (χ1v) is 7.22. The van der Waals surface area contributed by atoms with E-state index in [1.807, 2.05) is 48.9 Å². The van der Waals surface area contributed by atoms with Crippen LogP contribution in [0.1, 0.15) is 19.0 Å². The van der Waals surface area contributed by atoms with E-state index in [9.17, 15) is 0 Å². The molecule has 1 N–H and O–H groups in total. The summed E-state index contributed by atoms with van der Waals surface area (Å²) in [5, 5.41) is 4.08. The Labute approximate surface area is 124 Å². The molecule has 1 aromatic heterocycles. The number of ether oxygens (including phenoxy) is 1. The third kappa shape index (κ3) is 3.99. The zero-order chi connectivity index (χ0) is 14.4. The largest absolute Gasteiger partial charge is 0.382 e. The quantitative estimate of drug-likeness (QED) is 0.792. The number of nitrogens with zero attached hydrogens (tertiary/aromatic N) is 2. The number of nitrogens with one attached hydrogen (secondary N) is 1. The Bertz CT molecular complexity index is 537. The lowest BCUT2D eigenvalue weighted by atomic mass is 10.3. The Morgan fingerprint density at radius 2 is 2.05 bits per heavy atom. The number of rotatable bonds is 7. The molecule has 1 heterocycles. The van der Waals surface area contributed by atoms with Gasteiger partial charge in [-0.15, -0.1) is 0 Å². The average Bonchev–Trinajstić information content (AvgIpc) is 2.80. The van der Waals surface area contributed by atoms with Crippen LogP contribution in [-0.2, 0) is 4.74 Å². The first kappa shape index (κ1) is 14.9. The van der Waals surface area contributed by atoms with Gasteiger partial charge in [-0.05, 0) is 44.5 Å². The second kappa shape index (κ2) is 7.31. The molecule has 0 unspecified atom stereocenters. The molecule has 2 aromatic rings. The maximum absolute atomic E-state index is 5.92. The second-order valence-electron chi connectivity index (χ2n) is 4.53. The van der Waals surface area contributed by atoms with E-state index in [2.05, 4.69) is 10.3 Å². The highest BCUT2D eigenvalue weighted by molar-refractivity contribution is 6.30. The van der Waals surface area contributed by atoms with Gasteiger partial charge in [-0.25, -0.2) is 4.98 Å². The van der Waals surface area contributed by atoms with Crippen LogP contribution in [0, 0.1) is 6.92 Å². The van der Waals surface area contributed by atoms with Gasteiger partial charge in [0.2, 0.25) is 5.95 Å². The highest BCUT2D eigenvalue weighted by atomic mass is 35.5. The summed E-state index contributed by atoms with van der Waals surface area (Å²) in [6, 6.07) is 7.72. The zero-order valence-electron chi connectivity index (χ0n) is 11.9. The van der Waals surface area contributed by atoms with Crippen molar-refractivity contribution in [1.29, 1.82) is 0 Å². The smallest absolute Gasteiger partial charge is 0.207 e. The van der Waals surface area contributed by atoms with E-state index in [0.717, 1.165) is 48.5 Å². The van der Waals surface area contributed by atoms with Crippen LogP contribution in [0.4, 0.5) is 5.95 Å². The van der Waals surface area contributed by atoms with Crippen molar-refractivity contribution in [3.05, 3.63) is 41.2 Å². The molecule has 2 rings (SSSR count). The van der Waals surface area contributed by atoms with E-state index in [-0.39, 0.29) is 0 Å². The summed E-state index contributed by atoms with van der Waals surface area (Å²) in [6.07, 6.45) is 2.97. The molecule has 5 heteroatoms. The maximum Gasteiger partial charge on any atom is 0.207 e. The van der Waals surface area contributed by atoms with E-state index in [0.29, 0.717) is 0 Å². The van der Waals surface area contributed by atoms with Crippen molar-refractivity contribution < 1.29 is 4.74 Å². The number of halogens is 1. The van der Waals surface area contributed by atoms with E-state index in [4.69, 9.17) is 16.3 Å². The van der Waals surface area contributed by atoms with E-state index < -0.39 is 0 Å². The van der Waals surface area contributed by atoms with Crippen molar-refractivity contribution in [2.45, 2.75) is 20.3 Å². The Kier molecular flexibility index (Phi) is 5.44. The van der Waals surface area contributed by atoms with Crippen molar-refractivity contribution in [1.82, 2.24) is 9.55 Å². The summed E-state index contributed by atoms with van der Waals surface area (Å²) >= 11 is 5.92. The van der Waals surface area contributed by atoms with Crippen molar-refractivity contribution in [2.24, 2.45) is 0 Å². The number of hydrogen-bond donors (Lipinski definition) is 1. The maximum atomic E-state index is 5.92. The van der Waals surface area contributed by atoms with Gasteiger partial charge in [0.15, 0.2) is 0 Å². The molecule has 4 nitrogen and oxygen atoms in total. The summed E-state index contributed by atoms with van der Waals surface area (Å²) < 4.78 is 7.36. The number of hydrogen-bond acceptors (Lipinski definition) is 3. The van der Waals surface area contributed by atoms with Crippen LogP contribution >= 0.6 is 11.6 Å². The van der Waals surface area contributed by atoms with Gasteiger partial charge in [0.1, 0.15) is 0 Å². The van der Waals surface area contributed by atoms with E-state index >= 15 is 0 Å². The Morgan fingerprint density at radius 1 is 1.30 bits per heavy atom. The van der Waals surface area contributed by atoms with Crippen LogP contribution in [0.15, 0.2) is 30.5 Å². The predicted octanol–water partition coefficient (Wildman–Crippen LogP) is 3.67. The number of aryl methyl sites for hydroxylation is 1. The third-order valence-electron chi connectivity index (χ3n) is 2.88. The second-order valence-corrected chi connectivity index (χ2v) is 4.97. The third-order valence-corrected chi connectivity index (χ3v) is 3.14. The summed E-state index contributed by atoms with van der Waals surface area (Å²) in [7, 11) is 0. The molecule has 0 aliphatic heterocycles. The summed E-state index contributed by atoms with van der Waals surface area (Å²) in [6.45, 7) is 6.36. The van der Waals surface area contributed by atoms with Crippen LogP contribution in [0.25, 0.3) is 5.69 Å². The SMILES string of the molecule is CCOCCCNc1nc(C)cn1-c1ccc(Cl)cc1. The van der Waals surface area contributed by atoms with Gasteiger partial charge < -0.3 is 10.1 Å². The molecule has 0 bridgehead atoms. The summed E-state index contributed by atoms with van der Waals surface area (Å²) in [4.78, 5) is 4.51. The summed E-state index contributed by atoms with van der Waals surface area (Å²) in [5.74, 6) is 0.848. The van der Waals surface area contributed by atoms with Crippen molar-refractivity contribution >= 4 is 17.5 Å². The van der Waals surface area contributed by atoms with Gasteiger partial charge in [-0.2, -0.15) is 0 Å². The highest BCUT2D eigenvalue weighted by Gasteiger charge is 2.06. The molecule has 0 radical (unpaired) electrons. The lowest BCUT2D eigenvalue weighted by Crippen LogP contribution is -2.09. The molecule has 0 aliphatic carbocycles. The fraction of sp³-hybridized carbons (Fsp3) is 0.400. The van der Waals surface area contributed by atoms with Crippen molar-refractivity contribution in [3.8, 4) is 5.69 Å². The molecule has 0 saturated heterocycles. The number of imidazole rings is 1. The highest BCUT2D eigenvalue weighted by Crippen LogP contribution is 2.18. The monoisotopic (exact) mass is 293 g/mol. The molecule has 108 valence electrons. The number of anilines is 1. The van der Waals surface area contributed by atoms with Gasteiger partial charge >= 0.3 is 0 Å². The van der Waals surface area contributed by atoms with Crippen LogP contribution in [-0.4, -0.2) is 29.3 Å². The lowest BCUT2D eigenvalue weighted by molar-refractivity contribution is 0.147. The molecule has 0 fully saturated rings. The van der Waals surface area contributed by atoms with Crippen LogP contribution in [0.5, 0.6) is 0 Å². The molecular weight excluding hydrogens is 274 g/mol. The zero-order valence-corrected chi connectivity index (χ0v) is 12.7. The Hall–Kier alpha value is -1.52. The van der Waals surface area contributed by atoms with Gasteiger partial charge in [0.25, 0.3) is 0 Å². The number of aromatic nitrogens is 2. The number of benzene rings is 1. The minimum Gasteiger partial charge on any atom is -0.382 e. The minimum absolute atomic E-state index is 0.733. The average molecular weight is 294 g/mol. The fourth-order valence-electron chi connectivity index (χ4n) is 1.94. The van der Waals surface area contributed by atoms with Gasteiger partial charge in [-0.1, -0.05) is 11.6 Å². The molecule has 0 atom stereocenters. The topological polar surface area (TPSA) is 39.1 Å². The van der Waals surface area contributed by atoms with Gasteiger partial charge in [0, 0.05) is 36.7 Å². The first-order chi connectivity index (χ1) is 9.70. The standard InChI is InChI=1S/C15H20ClN3O/c1-3-20-10-4-9-17-15-18-12(2)11-19(15)14-7-5-13(16)6-8-14/h5-8,11H,3-4,9-10H2,1-2H3,(H,17,18). The van der Waals surface area contributed by atoms with Gasteiger partial charge in [-0.3, -0.25) is 4.57 Å². The molecule has 0 amide bonds. The van der Waals surface area contributed by atoms with Crippen molar-refractivity contribution in [2.75, 3.05) is 25.1 Å². The molecule has 1 aromatic carbocycles. The van der Waals surface area contributed by atoms with Crippen molar-refractivity contribution in [3.63, 3.8) is 0 Å². The lowest BCUT2D eigenvalue weighted by Gasteiger charge is -2.09. The molecular formula is C15H20ClN3O. The Morgan fingerprint density at radius 3 is 2.75 bits per heavy atom. The molecule has 0 aliphatic rings. The minimum atomic E-state index is 0.733. The fourth-order valence-corrected chi connectivity index (χ4v) is 2.07. The Balaban J connectivity index is 2.04. The van der Waals surface area contributed by atoms with E-state index in [1.165, 1.54) is 0 Å². The summed E-state index contributed by atoms with van der Waals surface area (Å²) in [5.41, 5.74) is 2.02. The first-order valence-electron chi connectivity index (χ1n) is 6.84. The predicted molar refractivity (Wildman–Crippen MR) is 82.9 cm³/mol. The molecule has 0 saturated carbocycles. The van der Waals surface area contributed by atoms with Crippen LogP contribution in [0.2, 0.25) is 5.02 Å². The molecule has 20 heavy (non-hydrogen) atoms. The molecule has 0 spiro atoms. The van der Waals surface area contributed by atoms with Crippen LogP contribution in [0.3, 0.4) is 0 Å².